The lowest BCUT2D eigenvalue weighted by Gasteiger charge is -2.26. The molecule has 0 aromatic heterocycles. The number of ketones is 1. The minimum Gasteiger partial charge on any atom is -0.465 e. The fourth-order valence-electron chi connectivity index (χ4n) is 1.71. The van der Waals surface area contributed by atoms with Crippen LogP contribution in [-0.2, 0) is 33.3 Å². The van der Waals surface area contributed by atoms with Gasteiger partial charge in [0, 0.05) is 6.42 Å². The summed E-state index contributed by atoms with van der Waals surface area (Å²) in [5, 5.41) is 9.37. The molecular formula is C18H30O9. The average Bonchev–Trinajstić information content (AvgIpc) is 2.63. The molecule has 0 spiro atoms. The van der Waals surface area contributed by atoms with E-state index in [4.69, 9.17) is 18.9 Å². The third-order valence-corrected chi connectivity index (χ3v) is 3.99. The number of aliphatic hydroxyl groups is 1. The van der Waals surface area contributed by atoms with E-state index in [1.54, 1.807) is 6.92 Å². The number of hydrogen-bond acceptors (Lipinski definition) is 9. The maximum Gasteiger partial charge on any atom is 0.508 e. The fraction of sp³-hybridized carbons (Fsp3) is 0.778. The van der Waals surface area contributed by atoms with E-state index in [1.807, 2.05) is 6.92 Å². The van der Waals surface area contributed by atoms with E-state index in [2.05, 4.69) is 0 Å². The summed E-state index contributed by atoms with van der Waals surface area (Å²) in [5.74, 6) is -1.48. The highest BCUT2D eigenvalue weighted by Gasteiger charge is 2.37. The zero-order chi connectivity index (χ0) is 21.1. The van der Waals surface area contributed by atoms with Crippen LogP contribution >= 0.6 is 0 Å². The van der Waals surface area contributed by atoms with Crippen LogP contribution in [0.3, 0.4) is 0 Å². The monoisotopic (exact) mass is 390 g/mol. The van der Waals surface area contributed by atoms with Crippen molar-refractivity contribution in [2.75, 3.05) is 33.0 Å². The Morgan fingerprint density at radius 2 is 1.37 bits per heavy atom. The van der Waals surface area contributed by atoms with Crippen molar-refractivity contribution < 1.29 is 43.2 Å². The van der Waals surface area contributed by atoms with Gasteiger partial charge >= 0.3 is 18.1 Å². The van der Waals surface area contributed by atoms with Crippen LogP contribution in [0.25, 0.3) is 0 Å². The summed E-state index contributed by atoms with van der Waals surface area (Å²) >= 11 is 0. The molecule has 156 valence electrons. The topological polar surface area (TPSA) is 125 Å². The van der Waals surface area contributed by atoms with Crippen LogP contribution in [0, 0.1) is 10.8 Å². The number of Topliss-reactive ketones (excluding diaryl/α,β-unsaturated/α-hetero) is 1. The number of ether oxygens (including phenoxy) is 4. The van der Waals surface area contributed by atoms with Gasteiger partial charge in [0.15, 0.2) is 0 Å². The maximum absolute atomic E-state index is 11.9. The van der Waals surface area contributed by atoms with Crippen molar-refractivity contribution in [1.29, 1.82) is 0 Å². The molecule has 2 unspecified atom stereocenters. The van der Waals surface area contributed by atoms with Crippen LogP contribution in [0.5, 0.6) is 0 Å². The fourth-order valence-corrected chi connectivity index (χ4v) is 1.71. The van der Waals surface area contributed by atoms with Crippen molar-refractivity contribution in [2.45, 2.75) is 47.5 Å². The van der Waals surface area contributed by atoms with Crippen LogP contribution in [-0.4, -0.2) is 62.0 Å². The molecule has 0 fully saturated rings. The average molecular weight is 390 g/mol. The molecule has 0 amide bonds. The van der Waals surface area contributed by atoms with Gasteiger partial charge in [0.25, 0.3) is 0 Å². The summed E-state index contributed by atoms with van der Waals surface area (Å²) < 4.78 is 19.7. The molecule has 0 saturated carbocycles. The van der Waals surface area contributed by atoms with E-state index >= 15 is 0 Å². The molecule has 0 aliphatic carbocycles. The highest BCUT2D eigenvalue weighted by atomic mass is 16.7. The van der Waals surface area contributed by atoms with Crippen LogP contribution in [0.2, 0.25) is 0 Å². The molecule has 0 aromatic rings. The Balaban J connectivity index is 4.67. The summed E-state index contributed by atoms with van der Waals surface area (Å²) in [6, 6.07) is 0. The zero-order valence-corrected chi connectivity index (χ0v) is 16.7. The smallest absolute Gasteiger partial charge is 0.465 e. The van der Waals surface area contributed by atoms with Gasteiger partial charge in [-0.3, -0.25) is 14.4 Å². The first-order valence-corrected chi connectivity index (χ1v) is 8.79. The molecule has 27 heavy (non-hydrogen) atoms. The molecule has 0 aliphatic heterocycles. The van der Waals surface area contributed by atoms with Gasteiger partial charge in [-0.25, -0.2) is 4.79 Å². The Morgan fingerprint density at radius 1 is 0.852 bits per heavy atom. The molecule has 0 radical (unpaired) electrons. The van der Waals surface area contributed by atoms with Crippen molar-refractivity contribution in [3.8, 4) is 0 Å². The number of hydrogen-bond donors (Lipinski definition) is 1. The Kier molecular flexibility index (Phi) is 10.6. The summed E-state index contributed by atoms with van der Waals surface area (Å²) in [6.45, 7) is 6.09. The van der Waals surface area contributed by atoms with Crippen LogP contribution in [0.4, 0.5) is 4.79 Å². The highest BCUT2D eigenvalue weighted by Crippen LogP contribution is 2.21. The third kappa shape index (κ3) is 8.38. The quantitative estimate of drug-likeness (QED) is 0.391. The summed E-state index contributed by atoms with van der Waals surface area (Å²) in [5.41, 5.74) is -2.64. The van der Waals surface area contributed by atoms with E-state index in [-0.39, 0.29) is 32.0 Å². The lowest BCUT2D eigenvalue weighted by atomic mass is 9.88. The number of rotatable bonds is 12. The Hall–Kier alpha value is -2.16. The second-order valence-electron chi connectivity index (χ2n) is 6.79. The number of carbonyl (C=O) groups is 4. The summed E-state index contributed by atoms with van der Waals surface area (Å²) in [4.78, 5) is 46.9. The van der Waals surface area contributed by atoms with E-state index in [0.717, 1.165) is 0 Å². The van der Waals surface area contributed by atoms with E-state index < -0.39 is 42.1 Å². The molecule has 0 bridgehead atoms. The third-order valence-electron chi connectivity index (χ3n) is 3.99. The first-order valence-electron chi connectivity index (χ1n) is 8.79. The van der Waals surface area contributed by atoms with Gasteiger partial charge in [-0.05, 0) is 34.1 Å². The molecule has 9 heteroatoms. The van der Waals surface area contributed by atoms with Crippen molar-refractivity contribution in [2.24, 2.45) is 10.8 Å². The van der Waals surface area contributed by atoms with Crippen molar-refractivity contribution in [1.82, 2.24) is 0 Å². The van der Waals surface area contributed by atoms with Crippen molar-refractivity contribution in [3.63, 3.8) is 0 Å². The molecule has 9 nitrogen and oxygen atoms in total. The Morgan fingerprint density at radius 3 is 1.81 bits per heavy atom. The first kappa shape index (κ1) is 24.8. The van der Waals surface area contributed by atoms with Crippen molar-refractivity contribution in [3.05, 3.63) is 0 Å². The molecule has 0 rings (SSSR count). The Labute approximate surface area is 159 Å². The largest absolute Gasteiger partial charge is 0.508 e. The Bertz CT molecular complexity index is 531. The number of carbonyl (C=O) groups excluding carboxylic acids is 4. The van der Waals surface area contributed by atoms with Gasteiger partial charge in [0.2, 0.25) is 0 Å². The van der Waals surface area contributed by atoms with Gasteiger partial charge in [-0.1, -0.05) is 6.92 Å². The standard InChI is InChI=1S/C18H30O9/c1-6-8-14(21)25-11-18(5,13(3)20)12-27-16(23)26-10-17(4,9-19)15(22)24-7-2/h19H,6-12H2,1-5H3. The second kappa shape index (κ2) is 11.5. The van der Waals surface area contributed by atoms with Crippen LogP contribution < -0.4 is 0 Å². The van der Waals surface area contributed by atoms with E-state index in [9.17, 15) is 24.3 Å². The first-order chi connectivity index (χ1) is 12.5. The minimum absolute atomic E-state index is 0.118. The summed E-state index contributed by atoms with van der Waals surface area (Å²) in [6.07, 6.45) is -0.279. The molecule has 0 aliphatic rings. The van der Waals surface area contributed by atoms with E-state index in [1.165, 1.54) is 20.8 Å². The molecule has 0 aromatic carbocycles. The van der Waals surface area contributed by atoms with Gasteiger partial charge in [-0.2, -0.15) is 0 Å². The highest BCUT2D eigenvalue weighted by molar-refractivity contribution is 5.83. The molecule has 1 N–H and O–H groups in total. The van der Waals surface area contributed by atoms with Crippen LogP contribution in [0.1, 0.15) is 47.5 Å². The molecular weight excluding hydrogens is 360 g/mol. The second-order valence-corrected chi connectivity index (χ2v) is 6.79. The van der Waals surface area contributed by atoms with Crippen LogP contribution in [0.15, 0.2) is 0 Å². The maximum atomic E-state index is 11.9. The predicted octanol–water partition coefficient (Wildman–Crippen LogP) is 1.64. The zero-order valence-electron chi connectivity index (χ0n) is 16.7. The minimum atomic E-state index is -1.42. The van der Waals surface area contributed by atoms with Gasteiger partial charge < -0.3 is 24.1 Å². The molecule has 2 atom stereocenters. The molecule has 0 heterocycles. The summed E-state index contributed by atoms with van der Waals surface area (Å²) in [7, 11) is 0. The lowest BCUT2D eigenvalue weighted by molar-refractivity contribution is -0.160. The SMILES string of the molecule is CCCC(=O)OCC(C)(COC(=O)OCC(C)(CO)C(=O)OCC)C(C)=O. The van der Waals surface area contributed by atoms with Gasteiger partial charge in [0.05, 0.1) is 18.6 Å². The van der Waals surface area contributed by atoms with Gasteiger partial charge in [-0.15, -0.1) is 0 Å². The number of aliphatic hydroxyl groups excluding tert-OH is 1. The predicted molar refractivity (Wildman–Crippen MR) is 93.8 cm³/mol. The van der Waals surface area contributed by atoms with Crippen molar-refractivity contribution >= 4 is 23.9 Å². The van der Waals surface area contributed by atoms with E-state index in [0.29, 0.717) is 6.42 Å². The number of esters is 2. The lowest BCUT2D eigenvalue weighted by Crippen LogP contribution is -2.40. The van der Waals surface area contributed by atoms with Gasteiger partial charge in [0.1, 0.15) is 31.0 Å². The normalized spacial score (nSPS) is 15.0. The molecule has 0 saturated heterocycles.